The van der Waals surface area contributed by atoms with Crippen LogP contribution in [0, 0.1) is 0 Å². The van der Waals surface area contributed by atoms with Gasteiger partial charge < -0.3 is 24.8 Å². The average Bonchev–Trinajstić information content (AvgIpc) is 2.90. The fourth-order valence-corrected chi connectivity index (χ4v) is 4.30. The van der Waals surface area contributed by atoms with Gasteiger partial charge in [-0.05, 0) is 37.1 Å². The molecule has 0 amide bonds. The number of anilines is 2. The number of nitrogens with zero attached hydrogens (tertiary/aromatic N) is 4. The van der Waals surface area contributed by atoms with E-state index in [1.165, 1.54) is 5.56 Å². The van der Waals surface area contributed by atoms with Crippen LogP contribution in [-0.4, -0.2) is 66.3 Å². The van der Waals surface area contributed by atoms with Crippen molar-refractivity contribution >= 4 is 17.7 Å². The molecule has 1 saturated heterocycles. The molecule has 1 atom stereocenters. The van der Waals surface area contributed by atoms with Gasteiger partial charge in [0.1, 0.15) is 11.6 Å². The Labute approximate surface area is 218 Å². The molecule has 0 aliphatic carbocycles. The van der Waals surface area contributed by atoms with Crippen molar-refractivity contribution in [2.75, 3.05) is 50.0 Å². The molecule has 37 heavy (non-hydrogen) atoms. The van der Waals surface area contributed by atoms with Gasteiger partial charge in [0.05, 0.1) is 6.61 Å². The predicted octanol–water partition coefficient (Wildman–Crippen LogP) is 3.68. The van der Waals surface area contributed by atoms with Gasteiger partial charge in [0.2, 0.25) is 11.8 Å². The van der Waals surface area contributed by atoms with Crippen LogP contribution >= 0.6 is 0 Å². The number of hydrogen-bond acceptors (Lipinski definition) is 9. The van der Waals surface area contributed by atoms with Crippen molar-refractivity contribution in [2.45, 2.75) is 32.9 Å². The molecule has 2 heterocycles. The van der Waals surface area contributed by atoms with Gasteiger partial charge in [0.25, 0.3) is 0 Å². The highest BCUT2D eigenvalue weighted by Gasteiger charge is 2.21. The number of esters is 1. The van der Waals surface area contributed by atoms with E-state index in [4.69, 9.17) is 19.9 Å². The fraction of sp³-hybridized carbons (Fsp3) is 0.393. The van der Waals surface area contributed by atoms with Crippen molar-refractivity contribution in [2.24, 2.45) is 0 Å². The maximum Gasteiger partial charge on any atom is 0.335 e. The third-order valence-corrected chi connectivity index (χ3v) is 6.14. The maximum absolute atomic E-state index is 12.1. The number of carbonyl (C=O) groups is 1. The zero-order valence-corrected chi connectivity index (χ0v) is 21.5. The number of rotatable bonds is 11. The quantitative estimate of drug-likeness (QED) is 0.391. The van der Waals surface area contributed by atoms with Crippen molar-refractivity contribution in [1.29, 1.82) is 0 Å². The molecule has 2 N–H and O–H groups in total. The second-order valence-electron chi connectivity index (χ2n) is 8.82. The Hall–Kier alpha value is -3.69. The van der Waals surface area contributed by atoms with Crippen LogP contribution in [0.3, 0.4) is 0 Å². The summed E-state index contributed by atoms with van der Waals surface area (Å²) in [4.78, 5) is 25.5. The largest absolute Gasteiger partial charge is 0.464 e. The van der Waals surface area contributed by atoms with Crippen molar-refractivity contribution < 1.29 is 19.0 Å². The summed E-state index contributed by atoms with van der Waals surface area (Å²) in [6.07, 6.45) is -0.206. The van der Waals surface area contributed by atoms with Crippen molar-refractivity contribution in [3.8, 4) is 11.6 Å². The van der Waals surface area contributed by atoms with Crippen LogP contribution < -0.4 is 15.4 Å². The molecular formula is C28H35N5O4. The summed E-state index contributed by atoms with van der Waals surface area (Å²) < 4.78 is 16.7. The Morgan fingerprint density at radius 2 is 1.68 bits per heavy atom. The number of benzene rings is 2. The molecule has 9 heteroatoms. The van der Waals surface area contributed by atoms with E-state index < -0.39 is 6.10 Å². The molecule has 1 aliphatic rings. The normalized spacial score (nSPS) is 14.8. The SMILES string of the molecule is CCOC(=O)C(Cc1ccc(Oc2cc(N3CCN(Cc4ccccc4)CC3)nc(N)n2)cc1)OCC. The number of carbonyl (C=O) groups excluding carboxylic acids is 1. The molecule has 1 unspecified atom stereocenters. The van der Waals surface area contributed by atoms with Crippen LogP contribution in [0.2, 0.25) is 0 Å². The highest BCUT2D eigenvalue weighted by molar-refractivity contribution is 5.75. The molecule has 4 rings (SSSR count). The van der Waals surface area contributed by atoms with Crippen molar-refractivity contribution in [3.63, 3.8) is 0 Å². The van der Waals surface area contributed by atoms with E-state index in [0.29, 0.717) is 31.3 Å². The Balaban J connectivity index is 1.35. The summed E-state index contributed by atoms with van der Waals surface area (Å²) in [6.45, 7) is 8.90. The van der Waals surface area contributed by atoms with Crippen LogP contribution in [0.15, 0.2) is 60.7 Å². The maximum atomic E-state index is 12.1. The molecule has 0 bridgehead atoms. The number of nitrogens with two attached hydrogens (primary N) is 1. The summed E-state index contributed by atoms with van der Waals surface area (Å²) in [5, 5.41) is 0. The molecule has 1 aliphatic heterocycles. The van der Waals surface area contributed by atoms with E-state index in [1.54, 1.807) is 6.92 Å². The first-order valence-corrected chi connectivity index (χ1v) is 12.7. The molecule has 1 fully saturated rings. The topological polar surface area (TPSA) is 103 Å². The summed E-state index contributed by atoms with van der Waals surface area (Å²) in [5.41, 5.74) is 8.27. The van der Waals surface area contributed by atoms with Gasteiger partial charge in [-0.2, -0.15) is 9.97 Å². The van der Waals surface area contributed by atoms with E-state index in [0.717, 1.165) is 44.1 Å². The zero-order valence-electron chi connectivity index (χ0n) is 21.5. The van der Waals surface area contributed by atoms with Crippen LogP contribution in [0.25, 0.3) is 0 Å². The first-order valence-electron chi connectivity index (χ1n) is 12.7. The third-order valence-electron chi connectivity index (χ3n) is 6.14. The second-order valence-corrected chi connectivity index (χ2v) is 8.82. The van der Waals surface area contributed by atoms with Gasteiger partial charge in [-0.1, -0.05) is 42.5 Å². The molecule has 1 aromatic heterocycles. The highest BCUT2D eigenvalue weighted by Crippen LogP contribution is 2.25. The number of hydrogen-bond donors (Lipinski definition) is 1. The number of ether oxygens (including phenoxy) is 3. The molecular weight excluding hydrogens is 470 g/mol. The van der Waals surface area contributed by atoms with Crippen LogP contribution in [-0.2, 0) is 27.2 Å². The summed E-state index contributed by atoms with van der Waals surface area (Å²) in [7, 11) is 0. The predicted molar refractivity (Wildman–Crippen MR) is 143 cm³/mol. The summed E-state index contributed by atoms with van der Waals surface area (Å²) in [5.74, 6) is 1.58. The first-order chi connectivity index (χ1) is 18.0. The van der Waals surface area contributed by atoms with Crippen LogP contribution in [0.4, 0.5) is 11.8 Å². The number of piperazine rings is 1. The van der Waals surface area contributed by atoms with Crippen LogP contribution in [0.5, 0.6) is 11.6 Å². The lowest BCUT2D eigenvalue weighted by Gasteiger charge is -2.35. The average molecular weight is 506 g/mol. The lowest BCUT2D eigenvalue weighted by Crippen LogP contribution is -2.46. The standard InChI is InChI=1S/C28H35N5O4/c1-3-35-24(27(34)36-4-2)18-21-10-12-23(13-11-21)37-26-19-25(30-28(29)31-26)33-16-14-32(15-17-33)20-22-8-6-5-7-9-22/h5-13,19,24H,3-4,14-18,20H2,1-2H3,(H2,29,30,31). The molecule has 196 valence electrons. The number of nitrogen functional groups attached to an aromatic ring is 1. The molecule has 0 radical (unpaired) electrons. The van der Waals surface area contributed by atoms with Gasteiger partial charge in [0.15, 0.2) is 6.10 Å². The van der Waals surface area contributed by atoms with Crippen molar-refractivity contribution in [3.05, 3.63) is 71.8 Å². The lowest BCUT2D eigenvalue weighted by atomic mass is 10.1. The molecule has 0 saturated carbocycles. The Kier molecular flexibility index (Phi) is 9.29. The van der Waals surface area contributed by atoms with Gasteiger partial charge in [-0.15, -0.1) is 0 Å². The summed E-state index contributed by atoms with van der Waals surface area (Å²) in [6, 6.07) is 19.8. The van der Waals surface area contributed by atoms with E-state index in [2.05, 4.69) is 44.0 Å². The minimum Gasteiger partial charge on any atom is -0.464 e. The van der Waals surface area contributed by atoms with E-state index >= 15 is 0 Å². The highest BCUT2D eigenvalue weighted by atomic mass is 16.6. The minimum absolute atomic E-state index is 0.171. The minimum atomic E-state index is -0.630. The Morgan fingerprint density at radius 3 is 2.35 bits per heavy atom. The Morgan fingerprint density at radius 1 is 0.946 bits per heavy atom. The first kappa shape index (κ1) is 26.4. The lowest BCUT2D eigenvalue weighted by molar-refractivity contribution is -0.156. The van der Waals surface area contributed by atoms with Gasteiger partial charge >= 0.3 is 5.97 Å². The monoisotopic (exact) mass is 505 g/mol. The van der Waals surface area contributed by atoms with E-state index in [-0.39, 0.29) is 11.9 Å². The van der Waals surface area contributed by atoms with E-state index in [1.807, 2.05) is 43.3 Å². The van der Waals surface area contributed by atoms with Gasteiger partial charge in [0, 0.05) is 51.8 Å². The van der Waals surface area contributed by atoms with Gasteiger partial charge in [-0.25, -0.2) is 4.79 Å². The van der Waals surface area contributed by atoms with Crippen molar-refractivity contribution in [1.82, 2.24) is 14.9 Å². The molecule has 2 aromatic carbocycles. The Bertz CT molecular complexity index is 1140. The number of aromatic nitrogens is 2. The van der Waals surface area contributed by atoms with Gasteiger partial charge in [-0.3, -0.25) is 4.90 Å². The summed E-state index contributed by atoms with van der Waals surface area (Å²) >= 11 is 0. The van der Waals surface area contributed by atoms with E-state index in [9.17, 15) is 4.79 Å². The molecule has 3 aromatic rings. The fourth-order valence-electron chi connectivity index (χ4n) is 4.30. The van der Waals surface area contributed by atoms with Crippen LogP contribution in [0.1, 0.15) is 25.0 Å². The second kappa shape index (κ2) is 13.0. The molecule has 9 nitrogen and oxygen atoms in total. The smallest absolute Gasteiger partial charge is 0.335 e. The zero-order chi connectivity index (χ0) is 26.0. The molecule has 0 spiro atoms. The third kappa shape index (κ3) is 7.65.